The van der Waals surface area contributed by atoms with E-state index in [4.69, 9.17) is 4.74 Å². The molecule has 0 radical (unpaired) electrons. The predicted octanol–water partition coefficient (Wildman–Crippen LogP) is 5.36. The van der Waals surface area contributed by atoms with Crippen molar-refractivity contribution in [3.8, 4) is 22.1 Å². The third-order valence-corrected chi connectivity index (χ3v) is 4.05. The monoisotopic (exact) mass is 331 g/mol. The summed E-state index contributed by atoms with van der Waals surface area (Å²) in [6, 6.07) is 18.2. The van der Waals surface area contributed by atoms with E-state index in [1.165, 1.54) is 11.3 Å². The van der Waals surface area contributed by atoms with E-state index in [2.05, 4.69) is 33.0 Å². The molecule has 0 aliphatic heterocycles. The van der Waals surface area contributed by atoms with Gasteiger partial charge in [-0.15, -0.1) is 0 Å². The highest BCUT2D eigenvalue weighted by Gasteiger charge is 2.08. The van der Waals surface area contributed by atoms with E-state index >= 15 is 0 Å². The number of hydrogen-bond acceptors (Lipinski definition) is 3. The summed E-state index contributed by atoms with van der Waals surface area (Å²) in [5, 5.41) is 2.54. The maximum Gasteiger partial charge on any atom is 0.279 e. The van der Waals surface area contributed by atoms with Crippen LogP contribution in [0.5, 0.6) is 10.9 Å². The molecule has 0 spiro atoms. The van der Waals surface area contributed by atoms with Gasteiger partial charge in [-0.2, -0.15) is 4.98 Å². The first kappa shape index (κ1) is 12.4. The van der Waals surface area contributed by atoms with Crippen LogP contribution in [0, 0.1) is 0 Å². The maximum atomic E-state index is 5.86. The Morgan fingerprint density at radius 1 is 0.947 bits per heavy atom. The first-order valence-electron chi connectivity index (χ1n) is 5.76. The molecule has 0 saturated carbocycles. The zero-order valence-corrected chi connectivity index (χ0v) is 12.3. The summed E-state index contributed by atoms with van der Waals surface area (Å²) in [4.78, 5) is 4.25. The Balaban J connectivity index is 1.98. The van der Waals surface area contributed by atoms with Crippen LogP contribution in [0.2, 0.25) is 0 Å². The van der Waals surface area contributed by atoms with Crippen molar-refractivity contribution in [3.63, 3.8) is 0 Å². The molecular weight excluding hydrogens is 322 g/mol. The molecule has 19 heavy (non-hydrogen) atoms. The number of aromatic nitrogens is 1. The van der Waals surface area contributed by atoms with E-state index in [1.54, 1.807) is 0 Å². The van der Waals surface area contributed by atoms with Gasteiger partial charge >= 0.3 is 0 Å². The number of ether oxygens (including phenoxy) is 1. The number of hydrogen-bond donors (Lipinski definition) is 0. The van der Waals surface area contributed by atoms with Crippen LogP contribution < -0.4 is 4.74 Å². The van der Waals surface area contributed by atoms with Crippen LogP contribution in [-0.4, -0.2) is 4.98 Å². The van der Waals surface area contributed by atoms with Gasteiger partial charge in [0.15, 0.2) is 0 Å². The molecule has 0 aliphatic carbocycles. The molecule has 1 heterocycles. The average molecular weight is 332 g/mol. The minimum Gasteiger partial charge on any atom is -0.430 e. The first-order valence-corrected chi connectivity index (χ1v) is 7.43. The minimum absolute atomic E-state index is 0.634. The summed E-state index contributed by atoms with van der Waals surface area (Å²) in [6.45, 7) is 0. The van der Waals surface area contributed by atoms with Crippen LogP contribution in [0.4, 0.5) is 0 Å². The van der Waals surface area contributed by atoms with Crippen LogP contribution in [0.25, 0.3) is 11.1 Å². The van der Waals surface area contributed by atoms with Gasteiger partial charge in [0.1, 0.15) is 10.4 Å². The zero-order chi connectivity index (χ0) is 13.1. The van der Waals surface area contributed by atoms with Crippen molar-refractivity contribution in [2.24, 2.45) is 0 Å². The smallest absolute Gasteiger partial charge is 0.279 e. The van der Waals surface area contributed by atoms with Crippen molar-refractivity contribution in [2.45, 2.75) is 0 Å². The van der Waals surface area contributed by atoms with Gasteiger partial charge in [-0.1, -0.05) is 59.9 Å². The molecule has 3 rings (SSSR count). The number of benzene rings is 2. The van der Waals surface area contributed by atoms with E-state index in [0.29, 0.717) is 5.19 Å². The zero-order valence-electron chi connectivity index (χ0n) is 9.92. The van der Waals surface area contributed by atoms with E-state index < -0.39 is 0 Å². The molecule has 3 aromatic rings. The number of halogens is 1. The second-order valence-corrected chi connectivity index (χ2v) is 5.53. The Morgan fingerprint density at radius 3 is 2.42 bits per heavy atom. The number of para-hydroxylation sites is 1. The lowest BCUT2D eigenvalue weighted by atomic mass is 10.1. The molecule has 1 aromatic heterocycles. The molecule has 0 N–H and O–H groups in total. The second-order valence-electron chi connectivity index (χ2n) is 3.90. The SMILES string of the molecule is Brc1csc(Oc2ccccc2-c2ccccc2)n1. The Kier molecular flexibility index (Phi) is 3.62. The highest BCUT2D eigenvalue weighted by Crippen LogP contribution is 2.34. The highest BCUT2D eigenvalue weighted by atomic mass is 79.9. The quantitative estimate of drug-likeness (QED) is 0.644. The molecular formula is C15H10BrNOS. The topological polar surface area (TPSA) is 22.1 Å². The van der Waals surface area contributed by atoms with Crippen LogP contribution in [0.3, 0.4) is 0 Å². The van der Waals surface area contributed by atoms with Crippen molar-refractivity contribution in [1.29, 1.82) is 0 Å². The molecule has 2 aromatic carbocycles. The van der Waals surface area contributed by atoms with E-state index in [-0.39, 0.29) is 0 Å². The van der Waals surface area contributed by atoms with Gasteiger partial charge in [-0.25, -0.2) is 0 Å². The van der Waals surface area contributed by atoms with Crippen molar-refractivity contribution >= 4 is 27.3 Å². The summed E-state index contributed by atoms with van der Waals surface area (Å²) in [5.74, 6) is 0.815. The molecule has 0 fully saturated rings. The Morgan fingerprint density at radius 2 is 1.68 bits per heavy atom. The lowest BCUT2D eigenvalue weighted by molar-refractivity contribution is 0.480. The molecule has 0 unspecified atom stereocenters. The van der Waals surface area contributed by atoms with Gasteiger partial charge in [-0.05, 0) is 27.6 Å². The van der Waals surface area contributed by atoms with Gasteiger partial charge in [0.2, 0.25) is 0 Å². The molecule has 0 aliphatic rings. The fourth-order valence-electron chi connectivity index (χ4n) is 1.79. The third kappa shape index (κ3) is 2.85. The lowest BCUT2D eigenvalue weighted by Crippen LogP contribution is -1.87. The number of thiazole rings is 1. The van der Waals surface area contributed by atoms with Crippen LogP contribution in [0.1, 0.15) is 0 Å². The van der Waals surface area contributed by atoms with Crippen LogP contribution in [0.15, 0.2) is 64.6 Å². The van der Waals surface area contributed by atoms with Crippen LogP contribution >= 0.6 is 27.3 Å². The van der Waals surface area contributed by atoms with E-state index in [0.717, 1.165) is 21.5 Å². The first-order chi connectivity index (χ1) is 9.33. The number of rotatable bonds is 3. The molecule has 0 bridgehead atoms. The predicted molar refractivity (Wildman–Crippen MR) is 81.8 cm³/mol. The van der Waals surface area contributed by atoms with Crippen molar-refractivity contribution < 1.29 is 4.74 Å². The summed E-state index contributed by atoms with van der Waals surface area (Å²) < 4.78 is 6.66. The summed E-state index contributed by atoms with van der Waals surface area (Å²) in [6.07, 6.45) is 0. The second kappa shape index (κ2) is 5.55. The number of nitrogens with zero attached hydrogens (tertiary/aromatic N) is 1. The molecule has 4 heteroatoms. The van der Waals surface area contributed by atoms with Gasteiger partial charge in [-0.3, -0.25) is 0 Å². The van der Waals surface area contributed by atoms with Crippen molar-refractivity contribution in [2.75, 3.05) is 0 Å². The molecule has 0 saturated heterocycles. The summed E-state index contributed by atoms with van der Waals surface area (Å²) in [7, 11) is 0. The van der Waals surface area contributed by atoms with Gasteiger partial charge < -0.3 is 4.74 Å². The minimum atomic E-state index is 0.634. The fraction of sp³-hybridized carbons (Fsp3) is 0. The Hall–Kier alpha value is -1.65. The molecule has 94 valence electrons. The highest BCUT2D eigenvalue weighted by molar-refractivity contribution is 9.10. The van der Waals surface area contributed by atoms with Crippen LogP contribution in [-0.2, 0) is 0 Å². The Bertz CT molecular complexity index is 681. The average Bonchev–Trinajstić information content (AvgIpc) is 2.86. The van der Waals surface area contributed by atoms with Gasteiger partial charge in [0.05, 0.1) is 0 Å². The third-order valence-electron chi connectivity index (χ3n) is 2.62. The van der Waals surface area contributed by atoms with Crippen molar-refractivity contribution in [1.82, 2.24) is 4.98 Å². The largest absolute Gasteiger partial charge is 0.430 e. The molecule has 0 amide bonds. The van der Waals surface area contributed by atoms with E-state index in [1.807, 2.05) is 47.8 Å². The maximum absolute atomic E-state index is 5.86. The summed E-state index contributed by atoms with van der Waals surface area (Å²) in [5.41, 5.74) is 2.20. The van der Waals surface area contributed by atoms with E-state index in [9.17, 15) is 0 Å². The standard InChI is InChI=1S/C15H10BrNOS/c16-14-10-19-15(17-14)18-13-9-5-4-8-12(13)11-6-2-1-3-7-11/h1-10H. The van der Waals surface area contributed by atoms with Gasteiger partial charge in [0, 0.05) is 10.9 Å². The fourth-order valence-corrected chi connectivity index (χ4v) is 2.89. The van der Waals surface area contributed by atoms with Crippen molar-refractivity contribution in [3.05, 3.63) is 64.6 Å². The normalized spacial score (nSPS) is 10.4. The molecule has 2 nitrogen and oxygen atoms in total. The van der Waals surface area contributed by atoms with Gasteiger partial charge in [0.25, 0.3) is 5.19 Å². The Labute approximate surface area is 123 Å². The molecule has 0 atom stereocenters. The summed E-state index contributed by atoms with van der Waals surface area (Å²) >= 11 is 4.80. The lowest BCUT2D eigenvalue weighted by Gasteiger charge is -2.08.